The van der Waals surface area contributed by atoms with E-state index in [0.717, 1.165) is 11.5 Å². The van der Waals surface area contributed by atoms with Gasteiger partial charge >= 0.3 is 88.7 Å². The van der Waals surface area contributed by atoms with Crippen molar-refractivity contribution in [1.29, 1.82) is 0 Å². The Balaban J connectivity index is -0.000000240. The standard InChI is InChI=1S/C8H18O2PS2.3Na/c1-7(2)5-13(6-8(3)4)11(9,10)12;;;/h7-8H,5-6H2,1-4H3;;;/q-3;3*+1. The number of hydrogen-bond donors (Lipinski definition) is 0. The average molecular weight is 310 g/mol. The summed E-state index contributed by atoms with van der Waals surface area (Å²) < 4.78 is 0. The monoisotopic (exact) mass is 310 g/mol. The van der Waals surface area contributed by atoms with E-state index in [0.29, 0.717) is 11.8 Å². The van der Waals surface area contributed by atoms with E-state index >= 15 is 0 Å². The molecule has 0 heterocycles. The molecule has 0 aromatic carbocycles. The van der Waals surface area contributed by atoms with Crippen molar-refractivity contribution >= 4 is 28.0 Å². The maximum Gasteiger partial charge on any atom is 1.00 e. The van der Waals surface area contributed by atoms with Gasteiger partial charge < -0.3 is 27.7 Å². The van der Waals surface area contributed by atoms with Crippen LogP contribution in [0.15, 0.2) is 0 Å². The molecular weight excluding hydrogens is 292 g/mol. The molecule has 0 unspecified atom stereocenters. The molecule has 0 amide bonds. The summed E-state index contributed by atoms with van der Waals surface area (Å²) in [6.45, 7) is 8.13. The molecule has 16 heavy (non-hydrogen) atoms. The third-order valence-electron chi connectivity index (χ3n) is 1.37. The van der Waals surface area contributed by atoms with Crippen LogP contribution in [0.1, 0.15) is 27.7 Å². The molecule has 0 aromatic heterocycles. The zero-order valence-corrected chi connectivity index (χ0v) is 20.2. The van der Waals surface area contributed by atoms with Crippen molar-refractivity contribution in [3.05, 3.63) is 0 Å². The van der Waals surface area contributed by atoms with E-state index in [9.17, 15) is 9.79 Å². The van der Waals surface area contributed by atoms with Gasteiger partial charge in [-0.15, -0.1) is 0 Å². The Labute approximate surface area is 174 Å². The molecule has 0 aliphatic carbocycles. The van der Waals surface area contributed by atoms with Crippen LogP contribution in [-0.4, -0.2) is 11.5 Å². The normalized spacial score (nSPS) is 10.9. The van der Waals surface area contributed by atoms with E-state index in [4.69, 9.17) is 0 Å². The first kappa shape index (κ1) is 28.2. The molecule has 0 aliphatic rings. The van der Waals surface area contributed by atoms with Crippen molar-refractivity contribution < 1.29 is 98.5 Å². The van der Waals surface area contributed by atoms with Gasteiger partial charge in [0.15, 0.2) is 0 Å². The van der Waals surface area contributed by atoms with Gasteiger partial charge in [0.05, 0.1) is 0 Å². The maximum atomic E-state index is 11.3. The molecule has 0 saturated carbocycles. The van der Waals surface area contributed by atoms with Crippen LogP contribution in [-0.2, 0) is 22.3 Å². The summed E-state index contributed by atoms with van der Waals surface area (Å²) in [7, 11) is -0.587. The molecule has 0 aromatic rings. The van der Waals surface area contributed by atoms with Crippen LogP contribution in [0.5, 0.6) is 0 Å². The van der Waals surface area contributed by atoms with E-state index in [1.54, 1.807) is 0 Å². The molecule has 0 fully saturated rings. The van der Waals surface area contributed by atoms with E-state index in [1.807, 2.05) is 27.7 Å². The second kappa shape index (κ2) is 14.0. The molecule has 2 nitrogen and oxygen atoms in total. The molecule has 0 radical (unpaired) electrons. The summed E-state index contributed by atoms with van der Waals surface area (Å²) in [6, 6.07) is 0. The van der Waals surface area contributed by atoms with Gasteiger partial charge in [-0.25, -0.2) is 10.1 Å². The van der Waals surface area contributed by atoms with E-state index in [1.165, 1.54) is 0 Å². The second-order valence-electron chi connectivity index (χ2n) is 4.03. The SMILES string of the molecule is CC(C)CS(CC(C)C)=P([O-])([O-])[S-].[Na+].[Na+].[Na+]. The number of rotatable bonds is 4. The van der Waals surface area contributed by atoms with Crippen molar-refractivity contribution in [2.45, 2.75) is 27.7 Å². The molecule has 82 valence electrons. The van der Waals surface area contributed by atoms with Crippen LogP contribution >= 0.6 is 5.69 Å². The first-order chi connectivity index (χ1) is 5.73. The topological polar surface area (TPSA) is 46.1 Å². The molecule has 0 N–H and O–H groups in total. The van der Waals surface area contributed by atoms with E-state index < -0.39 is 15.8 Å². The van der Waals surface area contributed by atoms with Crippen molar-refractivity contribution in [2.75, 3.05) is 11.5 Å². The zero-order chi connectivity index (χ0) is 10.6. The third kappa shape index (κ3) is 16.1. The van der Waals surface area contributed by atoms with Gasteiger partial charge in [0, 0.05) is 0 Å². The molecule has 0 rings (SSSR count). The first-order valence-electron chi connectivity index (χ1n) is 4.43. The molecule has 0 bridgehead atoms. The Morgan fingerprint density at radius 3 is 1.31 bits per heavy atom. The Hall–Kier alpha value is 4.05. The summed E-state index contributed by atoms with van der Waals surface area (Å²) in [6.07, 6.45) is 0. The van der Waals surface area contributed by atoms with E-state index in [2.05, 4.69) is 12.2 Å². The molecule has 0 aliphatic heterocycles. The largest absolute Gasteiger partial charge is 1.00 e. The minimum Gasteiger partial charge on any atom is -0.854 e. The van der Waals surface area contributed by atoms with Crippen LogP contribution in [0, 0.1) is 11.8 Å². The Morgan fingerprint density at radius 2 is 1.19 bits per heavy atom. The van der Waals surface area contributed by atoms with Crippen molar-refractivity contribution in [2.24, 2.45) is 11.8 Å². The summed E-state index contributed by atoms with van der Waals surface area (Å²) in [5.74, 6) is 2.27. The maximum absolute atomic E-state index is 11.3. The fourth-order valence-electron chi connectivity index (χ4n) is 1.02. The summed E-state index contributed by atoms with van der Waals surface area (Å²) >= 11 is 4.56. The summed E-state index contributed by atoms with van der Waals surface area (Å²) in [5.41, 5.74) is -3.52. The van der Waals surface area contributed by atoms with Gasteiger partial charge in [-0.05, 0) is 23.3 Å². The molecule has 0 atom stereocenters. The predicted octanol–water partition coefficient (Wildman–Crippen LogP) is -8.13. The van der Waals surface area contributed by atoms with Gasteiger partial charge in [0.25, 0.3) is 0 Å². The van der Waals surface area contributed by atoms with Gasteiger partial charge in [-0.1, -0.05) is 27.7 Å². The Bertz CT molecular complexity index is 199. The molecule has 8 heteroatoms. The third-order valence-corrected chi connectivity index (χ3v) is 8.79. The molecular formula is C8H18Na3O2PS2. The van der Waals surface area contributed by atoms with Gasteiger partial charge in [-0.3, -0.25) is 0 Å². The zero-order valence-electron chi connectivity index (χ0n) is 11.6. The van der Waals surface area contributed by atoms with Crippen LogP contribution in [0.3, 0.4) is 0 Å². The molecule has 0 spiro atoms. The second-order valence-corrected chi connectivity index (χ2v) is 11.6. The Morgan fingerprint density at radius 1 is 0.938 bits per heavy atom. The quantitative estimate of drug-likeness (QED) is 0.294. The molecule has 0 saturated heterocycles. The van der Waals surface area contributed by atoms with Crippen molar-refractivity contribution in [3.63, 3.8) is 0 Å². The van der Waals surface area contributed by atoms with Crippen LogP contribution in [0.25, 0.3) is 0 Å². The smallest absolute Gasteiger partial charge is 0.854 e. The van der Waals surface area contributed by atoms with Gasteiger partial charge in [0.2, 0.25) is 0 Å². The average Bonchev–Trinajstić information content (AvgIpc) is 1.81. The minimum atomic E-state index is -3.52. The van der Waals surface area contributed by atoms with Crippen LogP contribution in [0.4, 0.5) is 0 Å². The van der Waals surface area contributed by atoms with Gasteiger partial charge in [0.1, 0.15) is 0 Å². The fourth-order valence-corrected chi connectivity index (χ4v) is 7.04. The number of hydrogen-bond acceptors (Lipinski definition) is 3. The summed E-state index contributed by atoms with van der Waals surface area (Å²) in [4.78, 5) is 22.5. The van der Waals surface area contributed by atoms with Crippen molar-refractivity contribution in [3.8, 4) is 0 Å². The fraction of sp³-hybridized carbons (Fsp3) is 1.00. The first-order valence-corrected chi connectivity index (χ1v) is 9.24. The van der Waals surface area contributed by atoms with Gasteiger partial charge in [-0.2, -0.15) is 0 Å². The van der Waals surface area contributed by atoms with Crippen LogP contribution in [0.2, 0.25) is 0 Å². The minimum absolute atomic E-state index is 0. The van der Waals surface area contributed by atoms with Crippen molar-refractivity contribution in [1.82, 2.24) is 0 Å². The predicted molar refractivity (Wildman–Crippen MR) is 61.1 cm³/mol. The Kier molecular flexibility index (Phi) is 24.7. The van der Waals surface area contributed by atoms with E-state index in [-0.39, 0.29) is 88.7 Å². The summed E-state index contributed by atoms with van der Waals surface area (Å²) in [5, 5.41) is 0. The van der Waals surface area contributed by atoms with Crippen LogP contribution < -0.4 is 98.5 Å².